The summed E-state index contributed by atoms with van der Waals surface area (Å²) in [5.41, 5.74) is 1.95. The molecule has 0 fully saturated rings. The van der Waals surface area contributed by atoms with Gasteiger partial charge in [-0.3, -0.25) is 4.79 Å². The van der Waals surface area contributed by atoms with Crippen LogP contribution in [0.5, 0.6) is 5.75 Å². The standard InChI is InChI=1S/C21H13Cl3N2O2S/c22-12-9-13(21-25-16-6-2-4-8-18(16)29-21)20(15(24)10-12)26-19(27)11-28-17-7-3-1-5-14(17)23/h1-10H,11H2,(H,26,27). The maximum atomic E-state index is 12.5. The van der Waals surface area contributed by atoms with Crippen LogP contribution in [-0.4, -0.2) is 17.5 Å². The summed E-state index contributed by atoms with van der Waals surface area (Å²) in [5.74, 6) is 0.0504. The van der Waals surface area contributed by atoms with Gasteiger partial charge in [0.2, 0.25) is 0 Å². The van der Waals surface area contributed by atoms with E-state index in [2.05, 4.69) is 10.3 Å². The second-order valence-corrected chi connectivity index (χ2v) is 8.35. The topological polar surface area (TPSA) is 51.2 Å². The molecule has 4 nitrogen and oxygen atoms in total. The summed E-state index contributed by atoms with van der Waals surface area (Å²) >= 11 is 20.1. The first-order valence-electron chi connectivity index (χ1n) is 8.53. The van der Waals surface area contributed by atoms with E-state index in [9.17, 15) is 4.79 Å². The number of hydrogen-bond donors (Lipinski definition) is 1. The number of carbonyl (C=O) groups excluding carboxylic acids is 1. The first-order chi connectivity index (χ1) is 14.0. The molecule has 1 heterocycles. The van der Waals surface area contributed by atoms with Crippen molar-refractivity contribution in [3.8, 4) is 16.3 Å². The van der Waals surface area contributed by atoms with E-state index in [4.69, 9.17) is 39.5 Å². The van der Waals surface area contributed by atoms with Crippen molar-refractivity contribution in [2.24, 2.45) is 0 Å². The molecular formula is C21H13Cl3N2O2S. The normalized spacial score (nSPS) is 10.9. The molecule has 0 radical (unpaired) electrons. The highest BCUT2D eigenvalue weighted by Crippen LogP contribution is 2.40. The maximum Gasteiger partial charge on any atom is 0.262 e. The van der Waals surface area contributed by atoms with Crippen LogP contribution in [0.3, 0.4) is 0 Å². The van der Waals surface area contributed by atoms with Crippen molar-refractivity contribution in [2.75, 3.05) is 11.9 Å². The summed E-state index contributed by atoms with van der Waals surface area (Å²) in [5, 5.41) is 4.72. The van der Waals surface area contributed by atoms with Gasteiger partial charge in [-0.05, 0) is 36.4 Å². The summed E-state index contributed by atoms with van der Waals surface area (Å²) in [7, 11) is 0. The lowest BCUT2D eigenvalue weighted by Gasteiger charge is -2.13. The number of para-hydroxylation sites is 2. The largest absolute Gasteiger partial charge is 0.482 e. The smallest absolute Gasteiger partial charge is 0.262 e. The molecule has 0 spiro atoms. The van der Waals surface area contributed by atoms with Crippen LogP contribution < -0.4 is 10.1 Å². The minimum absolute atomic E-state index is 0.220. The zero-order valence-electron chi connectivity index (χ0n) is 14.8. The fourth-order valence-electron chi connectivity index (χ4n) is 2.74. The van der Waals surface area contributed by atoms with Gasteiger partial charge >= 0.3 is 0 Å². The van der Waals surface area contributed by atoms with E-state index in [1.54, 1.807) is 36.4 Å². The molecule has 146 valence electrons. The highest BCUT2D eigenvalue weighted by Gasteiger charge is 2.17. The highest BCUT2D eigenvalue weighted by molar-refractivity contribution is 7.21. The van der Waals surface area contributed by atoms with Crippen molar-refractivity contribution in [2.45, 2.75) is 0 Å². The Kier molecular flexibility index (Phi) is 5.92. The van der Waals surface area contributed by atoms with Gasteiger partial charge in [0.15, 0.2) is 6.61 Å². The van der Waals surface area contributed by atoms with Crippen LogP contribution in [0, 0.1) is 0 Å². The molecule has 1 N–H and O–H groups in total. The number of hydrogen-bond acceptors (Lipinski definition) is 4. The lowest BCUT2D eigenvalue weighted by atomic mass is 10.2. The third-order valence-electron chi connectivity index (χ3n) is 4.04. The molecule has 0 aliphatic heterocycles. The summed E-state index contributed by atoms with van der Waals surface area (Å²) in [6.07, 6.45) is 0. The number of carbonyl (C=O) groups is 1. The second kappa shape index (κ2) is 8.59. The van der Waals surface area contributed by atoms with Crippen molar-refractivity contribution in [1.82, 2.24) is 4.98 Å². The number of aromatic nitrogens is 1. The molecule has 0 unspecified atom stereocenters. The lowest BCUT2D eigenvalue weighted by molar-refractivity contribution is -0.118. The van der Waals surface area contributed by atoms with E-state index in [1.165, 1.54) is 11.3 Å². The predicted molar refractivity (Wildman–Crippen MR) is 121 cm³/mol. The molecule has 0 saturated carbocycles. The average molecular weight is 464 g/mol. The summed E-state index contributed by atoms with van der Waals surface area (Å²) in [6, 6.07) is 18.0. The van der Waals surface area contributed by atoms with E-state index < -0.39 is 0 Å². The molecule has 0 saturated heterocycles. The van der Waals surface area contributed by atoms with E-state index in [0.29, 0.717) is 37.1 Å². The van der Waals surface area contributed by atoms with E-state index in [1.807, 2.05) is 24.3 Å². The van der Waals surface area contributed by atoms with Gasteiger partial charge in [0.25, 0.3) is 5.91 Å². The van der Waals surface area contributed by atoms with E-state index in [0.717, 1.165) is 10.2 Å². The molecule has 4 aromatic rings. The van der Waals surface area contributed by atoms with Crippen molar-refractivity contribution < 1.29 is 9.53 Å². The summed E-state index contributed by atoms with van der Waals surface area (Å²) in [4.78, 5) is 17.1. The number of benzene rings is 3. The Labute approximate surface area is 186 Å². The molecule has 1 aromatic heterocycles. The quantitative estimate of drug-likeness (QED) is 0.349. The van der Waals surface area contributed by atoms with Gasteiger partial charge in [0.1, 0.15) is 10.8 Å². The zero-order chi connectivity index (χ0) is 20.4. The van der Waals surface area contributed by atoms with Gasteiger partial charge in [-0.15, -0.1) is 11.3 Å². The highest BCUT2D eigenvalue weighted by atomic mass is 35.5. The Morgan fingerprint density at radius 1 is 1.00 bits per heavy atom. The van der Waals surface area contributed by atoms with E-state index in [-0.39, 0.29) is 12.5 Å². The molecule has 0 atom stereocenters. The number of ether oxygens (including phenoxy) is 1. The van der Waals surface area contributed by atoms with Crippen LogP contribution in [0.4, 0.5) is 5.69 Å². The monoisotopic (exact) mass is 462 g/mol. The maximum absolute atomic E-state index is 12.5. The fraction of sp³-hybridized carbons (Fsp3) is 0.0476. The fourth-order valence-corrected chi connectivity index (χ4v) is 4.46. The van der Waals surface area contributed by atoms with Gasteiger partial charge < -0.3 is 10.1 Å². The van der Waals surface area contributed by atoms with Crippen molar-refractivity contribution >= 4 is 68.0 Å². The SMILES string of the molecule is O=C(COc1ccccc1Cl)Nc1c(Cl)cc(Cl)cc1-c1nc2ccccc2s1. The van der Waals surface area contributed by atoms with Crippen molar-refractivity contribution in [3.05, 3.63) is 75.7 Å². The number of thiazole rings is 1. The number of rotatable bonds is 5. The van der Waals surface area contributed by atoms with Gasteiger partial charge in [-0.25, -0.2) is 4.98 Å². The Bertz CT molecular complexity index is 1180. The summed E-state index contributed by atoms with van der Waals surface area (Å²) < 4.78 is 6.53. The molecule has 0 aliphatic rings. The van der Waals surface area contributed by atoms with Crippen LogP contribution >= 0.6 is 46.1 Å². The van der Waals surface area contributed by atoms with Crippen molar-refractivity contribution in [1.29, 1.82) is 0 Å². The first kappa shape index (κ1) is 20.0. The Hall–Kier alpha value is -2.31. The van der Waals surface area contributed by atoms with Crippen molar-refractivity contribution in [3.63, 3.8) is 0 Å². The van der Waals surface area contributed by atoms with Gasteiger partial charge in [0, 0.05) is 10.6 Å². The summed E-state index contributed by atoms with van der Waals surface area (Å²) in [6.45, 7) is -0.220. The lowest BCUT2D eigenvalue weighted by Crippen LogP contribution is -2.21. The number of fused-ring (bicyclic) bond motifs is 1. The molecular weight excluding hydrogens is 451 g/mol. The van der Waals surface area contributed by atoms with Crippen LogP contribution in [-0.2, 0) is 4.79 Å². The number of anilines is 1. The third-order valence-corrected chi connectivity index (χ3v) is 5.94. The molecule has 4 rings (SSSR count). The van der Waals surface area contributed by atoms with Gasteiger partial charge in [0.05, 0.1) is 25.9 Å². The number of halogens is 3. The number of amides is 1. The Morgan fingerprint density at radius 3 is 2.55 bits per heavy atom. The second-order valence-electron chi connectivity index (χ2n) is 6.06. The number of nitrogens with one attached hydrogen (secondary N) is 1. The first-order valence-corrected chi connectivity index (χ1v) is 10.5. The molecule has 0 aliphatic carbocycles. The molecule has 0 bridgehead atoms. The minimum atomic E-state index is -0.378. The minimum Gasteiger partial charge on any atom is -0.482 e. The number of nitrogens with zero attached hydrogens (tertiary/aromatic N) is 1. The molecule has 1 amide bonds. The zero-order valence-corrected chi connectivity index (χ0v) is 17.9. The molecule has 3 aromatic carbocycles. The molecule has 29 heavy (non-hydrogen) atoms. The Balaban J connectivity index is 1.61. The van der Waals surface area contributed by atoms with Gasteiger partial charge in [-0.2, -0.15) is 0 Å². The van der Waals surface area contributed by atoms with Gasteiger partial charge in [-0.1, -0.05) is 59.1 Å². The van der Waals surface area contributed by atoms with E-state index >= 15 is 0 Å². The molecule has 8 heteroatoms. The van der Waals surface area contributed by atoms with Crippen LogP contribution in [0.15, 0.2) is 60.7 Å². The van der Waals surface area contributed by atoms with Crippen LogP contribution in [0.1, 0.15) is 0 Å². The predicted octanol–water partition coefficient (Wildman–Crippen LogP) is 6.94. The Morgan fingerprint density at radius 2 is 1.76 bits per heavy atom. The van der Waals surface area contributed by atoms with Crippen LogP contribution in [0.2, 0.25) is 15.1 Å². The third kappa shape index (κ3) is 4.49. The average Bonchev–Trinajstić information content (AvgIpc) is 3.13. The van der Waals surface area contributed by atoms with Crippen LogP contribution in [0.25, 0.3) is 20.8 Å².